The molecule has 0 aromatic rings. The Morgan fingerprint density at radius 3 is 0.810 bits per heavy atom. The molecule has 0 aromatic carbocycles. The monoisotopic (exact) mass is 848 g/mol. The molecule has 4 fully saturated rings. The van der Waals surface area contributed by atoms with Crippen molar-refractivity contribution in [2.24, 2.45) is 0 Å². The third-order valence-corrected chi connectivity index (χ3v) is 11.0. The van der Waals surface area contributed by atoms with E-state index in [1.165, 1.54) is 64.0 Å². The van der Waals surface area contributed by atoms with E-state index < -0.39 is 123 Å². The molecule has 0 aromatic heterocycles. The van der Waals surface area contributed by atoms with Crippen molar-refractivity contribution in [2.75, 3.05) is 119 Å². The lowest BCUT2D eigenvalue weighted by atomic mass is 9.95. The normalized spacial score (nSPS) is 43.8. The highest BCUT2D eigenvalue weighted by molar-refractivity contribution is 5.00. The number of ether oxygens (including phenoxy) is 20. The van der Waals surface area contributed by atoms with Crippen LogP contribution >= 0.6 is 0 Å². The molecule has 1 N–H and O–H groups in total. The second kappa shape index (κ2) is 24.7. The van der Waals surface area contributed by atoms with Crippen LogP contribution < -0.4 is 0 Å². The van der Waals surface area contributed by atoms with Crippen molar-refractivity contribution in [1.82, 2.24) is 0 Å². The van der Waals surface area contributed by atoms with E-state index >= 15 is 0 Å². The summed E-state index contributed by atoms with van der Waals surface area (Å²) in [6.45, 7) is 0.389. The summed E-state index contributed by atoms with van der Waals surface area (Å²) in [5, 5.41) is 10.7. The first-order valence-corrected chi connectivity index (χ1v) is 19.1. The average molecular weight is 849 g/mol. The molecule has 0 aliphatic carbocycles. The maximum atomic E-state index is 10.7. The van der Waals surface area contributed by atoms with Gasteiger partial charge in [0.25, 0.3) is 0 Å². The maximum absolute atomic E-state index is 10.7. The fourth-order valence-electron chi connectivity index (χ4n) is 8.36. The Labute approximate surface area is 341 Å². The van der Waals surface area contributed by atoms with Crippen molar-refractivity contribution < 1.29 is 99.8 Å². The van der Waals surface area contributed by atoms with E-state index in [1.807, 2.05) is 0 Å². The zero-order chi connectivity index (χ0) is 42.5. The molecule has 21 heteroatoms. The Morgan fingerprint density at radius 1 is 0.293 bits per heavy atom. The number of rotatable bonds is 23. The van der Waals surface area contributed by atoms with E-state index in [0.717, 1.165) is 0 Å². The fraction of sp³-hybridized carbons (Fsp3) is 1.00. The molecule has 0 bridgehead atoms. The van der Waals surface area contributed by atoms with Crippen molar-refractivity contribution in [3.05, 3.63) is 0 Å². The van der Waals surface area contributed by atoms with Gasteiger partial charge in [-0.1, -0.05) is 0 Å². The molecule has 4 aliphatic rings. The SMILES string of the molecule is COC[C@H]1O[C@@H](O)[C@H](OC)[C@@H](OC)[C@@H]1O[C@H]1O[C@H](COC)[C@@H](O[C@H]2O[C@H](COC)[C@@H](O[C@H]3O[C@H](COC)[C@@H](OC)[C@H](OC)[C@H]3OC)[C@H](OC)[C@H]2OC)[C@H](OC)[C@H]1OC. The van der Waals surface area contributed by atoms with Crippen LogP contribution in [0.3, 0.4) is 0 Å². The van der Waals surface area contributed by atoms with Crippen molar-refractivity contribution in [1.29, 1.82) is 0 Å². The van der Waals surface area contributed by atoms with Crippen LogP contribution in [0.15, 0.2) is 0 Å². The van der Waals surface area contributed by atoms with Gasteiger partial charge < -0.3 is 99.8 Å². The average Bonchev–Trinajstić information content (AvgIpc) is 3.22. The molecular formula is C37H68O21. The van der Waals surface area contributed by atoms with Gasteiger partial charge in [-0.3, -0.25) is 0 Å². The topological polar surface area (TPSA) is 205 Å². The minimum absolute atomic E-state index is 0.0467. The third-order valence-electron chi connectivity index (χ3n) is 11.0. The molecule has 4 aliphatic heterocycles. The predicted molar refractivity (Wildman–Crippen MR) is 196 cm³/mol. The minimum Gasteiger partial charge on any atom is -0.382 e. The van der Waals surface area contributed by atoms with Crippen LogP contribution in [-0.2, 0) is 94.7 Å². The largest absolute Gasteiger partial charge is 0.382 e. The van der Waals surface area contributed by atoms with Crippen molar-refractivity contribution in [3.8, 4) is 0 Å². The minimum atomic E-state index is -1.30. The van der Waals surface area contributed by atoms with E-state index in [4.69, 9.17) is 94.7 Å². The number of hydrogen-bond acceptors (Lipinski definition) is 21. The zero-order valence-electron chi connectivity index (χ0n) is 36.0. The Hall–Kier alpha value is -0.840. The van der Waals surface area contributed by atoms with Gasteiger partial charge >= 0.3 is 0 Å². The summed E-state index contributed by atoms with van der Waals surface area (Å²) in [5.41, 5.74) is 0. The molecule has 342 valence electrons. The third kappa shape index (κ3) is 11.0. The number of aliphatic hydroxyl groups excluding tert-OH is 1. The Morgan fingerprint density at radius 2 is 0.534 bits per heavy atom. The molecule has 0 radical (unpaired) electrons. The van der Waals surface area contributed by atoms with Crippen LogP contribution in [0.4, 0.5) is 0 Å². The zero-order valence-corrected chi connectivity index (χ0v) is 36.0. The molecule has 0 saturated carbocycles. The Bertz CT molecular complexity index is 1130. The van der Waals surface area contributed by atoms with Gasteiger partial charge in [-0.15, -0.1) is 0 Å². The van der Waals surface area contributed by atoms with Crippen molar-refractivity contribution >= 4 is 0 Å². The van der Waals surface area contributed by atoms with Gasteiger partial charge in [0.1, 0.15) is 97.7 Å². The van der Waals surface area contributed by atoms with Crippen LogP contribution in [0.1, 0.15) is 0 Å². The summed E-state index contributed by atoms with van der Waals surface area (Å²) in [4.78, 5) is 0. The van der Waals surface area contributed by atoms with Crippen LogP contribution in [-0.4, -0.2) is 247 Å². The maximum Gasteiger partial charge on any atom is 0.187 e. The molecule has 58 heavy (non-hydrogen) atoms. The molecule has 0 spiro atoms. The van der Waals surface area contributed by atoms with Gasteiger partial charge in [-0.05, 0) is 0 Å². The summed E-state index contributed by atoms with van der Waals surface area (Å²) in [6, 6.07) is 0. The molecule has 0 amide bonds. The van der Waals surface area contributed by atoms with Crippen molar-refractivity contribution in [2.45, 2.75) is 123 Å². The van der Waals surface area contributed by atoms with Gasteiger partial charge in [0.15, 0.2) is 25.2 Å². The van der Waals surface area contributed by atoms with E-state index in [0.29, 0.717) is 0 Å². The lowest BCUT2D eigenvalue weighted by Crippen LogP contribution is -2.68. The lowest BCUT2D eigenvalue weighted by Gasteiger charge is -2.51. The van der Waals surface area contributed by atoms with E-state index in [9.17, 15) is 5.11 Å². The second-order valence-electron chi connectivity index (χ2n) is 14.1. The Kier molecular flexibility index (Phi) is 21.2. The molecule has 20 atom stereocenters. The van der Waals surface area contributed by atoms with Crippen LogP contribution in [0, 0.1) is 0 Å². The van der Waals surface area contributed by atoms with Gasteiger partial charge in [0.05, 0.1) is 26.4 Å². The standard InChI is InChI=1S/C37H68O21/c1-39-14-18-22(43-5)26(44-6)31(49-11)35(53-18)57-24-20(16-41-3)55-37(33(51-13)28(24)46-8)58-25-21(17-42-4)54-36(32(50-12)29(25)47-9)56-23-19(15-40-2)52-34(38)30(48-10)27(23)45-7/h18-38H,14-17H2,1-13H3/t18-,19-,20-,21-,22-,23-,24-,25-,26+,27+,28+,29+,30-,31-,32-,33-,34-,35-,36-,37-/m1/s1. The molecule has 4 heterocycles. The predicted octanol–water partition coefficient (Wildman–Crippen LogP) is -1.25. The molecule has 4 saturated heterocycles. The summed E-state index contributed by atoms with van der Waals surface area (Å²) in [5.74, 6) is 0. The fourth-order valence-corrected chi connectivity index (χ4v) is 8.36. The van der Waals surface area contributed by atoms with Gasteiger partial charge in [0, 0.05) is 92.4 Å². The quantitative estimate of drug-likeness (QED) is 0.128. The molecule has 0 unspecified atom stereocenters. The van der Waals surface area contributed by atoms with E-state index in [1.54, 1.807) is 28.4 Å². The highest BCUT2D eigenvalue weighted by atomic mass is 16.8. The number of hydrogen-bond donors (Lipinski definition) is 1. The molecular weight excluding hydrogens is 780 g/mol. The lowest BCUT2D eigenvalue weighted by molar-refractivity contribution is -0.394. The molecule has 21 nitrogen and oxygen atoms in total. The van der Waals surface area contributed by atoms with Gasteiger partial charge in [-0.25, -0.2) is 0 Å². The summed E-state index contributed by atoms with van der Waals surface area (Å²) in [6.07, 6.45) is -16.8. The summed E-state index contributed by atoms with van der Waals surface area (Å²) < 4.78 is 121. The Balaban J connectivity index is 1.62. The molecule has 4 rings (SSSR count). The van der Waals surface area contributed by atoms with E-state index in [2.05, 4.69) is 0 Å². The van der Waals surface area contributed by atoms with Crippen LogP contribution in [0.25, 0.3) is 0 Å². The second-order valence-corrected chi connectivity index (χ2v) is 14.1. The highest BCUT2D eigenvalue weighted by Crippen LogP contribution is 2.38. The summed E-state index contributed by atoms with van der Waals surface area (Å²) >= 11 is 0. The van der Waals surface area contributed by atoms with Gasteiger partial charge in [0.2, 0.25) is 0 Å². The van der Waals surface area contributed by atoms with Crippen LogP contribution in [0.5, 0.6) is 0 Å². The smallest absolute Gasteiger partial charge is 0.187 e. The first-order chi connectivity index (χ1) is 28.1. The first-order valence-electron chi connectivity index (χ1n) is 19.1. The van der Waals surface area contributed by atoms with Crippen LogP contribution in [0.2, 0.25) is 0 Å². The van der Waals surface area contributed by atoms with E-state index in [-0.39, 0.29) is 26.4 Å². The number of methoxy groups -OCH3 is 13. The first kappa shape index (κ1) is 49.8. The van der Waals surface area contributed by atoms with Crippen molar-refractivity contribution in [3.63, 3.8) is 0 Å². The highest BCUT2D eigenvalue weighted by Gasteiger charge is 2.57. The summed E-state index contributed by atoms with van der Waals surface area (Å²) in [7, 11) is 19.8. The number of aliphatic hydroxyl groups is 1. The van der Waals surface area contributed by atoms with Gasteiger partial charge in [-0.2, -0.15) is 0 Å².